The van der Waals surface area contributed by atoms with E-state index in [1.807, 2.05) is 25.1 Å². The Balaban J connectivity index is 1.37. The topological polar surface area (TPSA) is 91.1 Å². The number of nitriles is 1. The lowest BCUT2D eigenvalue weighted by atomic mass is 9.91. The predicted molar refractivity (Wildman–Crippen MR) is 127 cm³/mol. The summed E-state index contributed by atoms with van der Waals surface area (Å²) in [5.41, 5.74) is 1.88. The lowest BCUT2D eigenvalue weighted by Gasteiger charge is -2.33. The number of amides is 2. The summed E-state index contributed by atoms with van der Waals surface area (Å²) < 4.78 is 43.8. The Morgan fingerprint density at radius 1 is 1.17 bits per heavy atom. The standard InChI is InChI=1S/C26H22F3N5O2/c1-17-16-34(25(35)33-21-6-5-20(13-30)31-14-21)10-9-19(17)11-18-3-2-4-22(12-18)36-23-7-8-24(32-15-23)26(27,28)29/h2-8,11-12,14-15,17H,9-10,16H2,1H3,(H,33,35)/b19-11+. The van der Waals surface area contributed by atoms with Gasteiger partial charge in [-0.15, -0.1) is 0 Å². The summed E-state index contributed by atoms with van der Waals surface area (Å²) in [4.78, 5) is 21.7. The van der Waals surface area contributed by atoms with Crippen LogP contribution in [0.15, 0.2) is 66.5 Å². The van der Waals surface area contributed by atoms with Crippen molar-refractivity contribution in [2.45, 2.75) is 19.5 Å². The fourth-order valence-electron chi connectivity index (χ4n) is 3.81. The monoisotopic (exact) mass is 493 g/mol. The van der Waals surface area contributed by atoms with Crippen LogP contribution in [0.3, 0.4) is 0 Å². The molecular formula is C26H22F3N5O2. The first kappa shape index (κ1) is 24.7. The molecule has 1 aliphatic heterocycles. The number of anilines is 1. The molecule has 0 bridgehead atoms. The molecule has 0 saturated carbocycles. The molecule has 1 atom stereocenters. The van der Waals surface area contributed by atoms with E-state index in [2.05, 4.69) is 15.3 Å². The zero-order valence-electron chi connectivity index (χ0n) is 19.3. The highest BCUT2D eigenvalue weighted by Crippen LogP contribution is 2.30. The fraction of sp³-hybridized carbons (Fsp3) is 0.231. The maximum Gasteiger partial charge on any atom is 0.433 e. The first-order valence-corrected chi connectivity index (χ1v) is 11.1. The van der Waals surface area contributed by atoms with Gasteiger partial charge >= 0.3 is 12.2 Å². The summed E-state index contributed by atoms with van der Waals surface area (Å²) in [7, 11) is 0. The molecule has 36 heavy (non-hydrogen) atoms. The van der Waals surface area contributed by atoms with Crippen LogP contribution in [0.2, 0.25) is 0 Å². The summed E-state index contributed by atoms with van der Waals surface area (Å²) in [6.45, 7) is 3.12. The predicted octanol–water partition coefficient (Wildman–Crippen LogP) is 6.12. The van der Waals surface area contributed by atoms with Crippen LogP contribution in [0.25, 0.3) is 6.08 Å². The number of carbonyl (C=O) groups is 1. The molecule has 1 N–H and O–H groups in total. The maximum atomic E-state index is 12.7. The van der Waals surface area contributed by atoms with Crippen LogP contribution >= 0.6 is 0 Å². The van der Waals surface area contributed by atoms with Crippen LogP contribution in [0.1, 0.15) is 30.3 Å². The van der Waals surface area contributed by atoms with Gasteiger partial charge in [0.05, 0.1) is 18.1 Å². The minimum Gasteiger partial charge on any atom is -0.456 e. The minimum atomic E-state index is -4.50. The molecule has 1 unspecified atom stereocenters. The third-order valence-electron chi connectivity index (χ3n) is 5.69. The van der Waals surface area contributed by atoms with Crippen molar-refractivity contribution in [3.05, 3.63) is 83.4 Å². The molecule has 3 heterocycles. The normalized spacial score (nSPS) is 16.9. The van der Waals surface area contributed by atoms with E-state index in [9.17, 15) is 18.0 Å². The van der Waals surface area contributed by atoms with Crippen LogP contribution < -0.4 is 10.1 Å². The smallest absolute Gasteiger partial charge is 0.433 e. The Kier molecular flexibility index (Phi) is 7.20. The zero-order valence-corrected chi connectivity index (χ0v) is 19.3. The van der Waals surface area contributed by atoms with Gasteiger partial charge in [0, 0.05) is 13.1 Å². The molecule has 10 heteroatoms. The molecule has 4 rings (SSSR count). The second-order valence-electron chi connectivity index (χ2n) is 8.34. The van der Waals surface area contributed by atoms with E-state index >= 15 is 0 Å². The Bertz CT molecular complexity index is 1300. The number of halogens is 3. The molecule has 0 radical (unpaired) electrons. The van der Waals surface area contributed by atoms with Crippen LogP contribution in [-0.2, 0) is 6.18 Å². The average Bonchev–Trinajstić information content (AvgIpc) is 2.86. The number of pyridine rings is 2. The first-order chi connectivity index (χ1) is 17.2. The van der Waals surface area contributed by atoms with Crippen LogP contribution in [0.4, 0.5) is 23.7 Å². The number of nitrogens with zero attached hydrogens (tertiary/aromatic N) is 4. The summed E-state index contributed by atoms with van der Waals surface area (Å²) in [6, 6.07) is 14.2. The van der Waals surface area contributed by atoms with Gasteiger partial charge in [-0.25, -0.2) is 14.8 Å². The number of carbonyl (C=O) groups excluding carboxylic acids is 1. The van der Waals surface area contributed by atoms with E-state index in [4.69, 9.17) is 10.00 Å². The Morgan fingerprint density at radius 2 is 2.00 bits per heavy atom. The number of hydrogen-bond donors (Lipinski definition) is 1. The van der Waals surface area contributed by atoms with Gasteiger partial charge < -0.3 is 15.0 Å². The third-order valence-corrected chi connectivity index (χ3v) is 5.69. The van der Waals surface area contributed by atoms with Gasteiger partial charge in [-0.1, -0.05) is 30.7 Å². The molecule has 2 amide bonds. The van der Waals surface area contributed by atoms with Gasteiger partial charge in [0.1, 0.15) is 29.0 Å². The number of benzene rings is 1. The second kappa shape index (κ2) is 10.5. The van der Waals surface area contributed by atoms with Gasteiger partial charge in [0.2, 0.25) is 0 Å². The van der Waals surface area contributed by atoms with Crippen LogP contribution in [0, 0.1) is 17.2 Å². The number of ether oxygens (including phenoxy) is 1. The Hall–Kier alpha value is -4.39. The molecule has 184 valence electrons. The van der Waals surface area contributed by atoms with Gasteiger partial charge in [-0.2, -0.15) is 18.4 Å². The lowest BCUT2D eigenvalue weighted by molar-refractivity contribution is -0.141. The molecular weight excluding hydrogens is 471 g/mol. The number of hydrogen-bond acceptors (Lipinski definition) is 5. The van der Waals surface area contributed by atoms with Crippen molar-refractivity contribution in [3.63, 3.8) is 0 Å². The van der Waals surface area contributed by atoms with E-state index in [1.165, 1.54) is 17.8 Å². The van der Waals surface area contributed by atoms with Crippen LogP contribution in [0.5, 0.6) is 11.5 Å². The highest BCUT2D eigenvalue weighted by atomic mass is 19.4. The Morgan fingerprint density at radius 3 is 2.64 bits per heavy atom. The fourth-order valence-corrected chi connectivity index (χ4v) is 3.81. The summed E-state index contributed by atoms with van der Waals surface area (Å²) >= 11 is 0. The number of urea groups is 1. The van der Waals surface area contributed by atoms with Gasteiger partial charge in [-0.3, -0.25) is 0 Å². The number of nitrogens with one attached hydrogen (secondary N) is 1. The van der Waals surface area contributed by atoms with Crippen molar-refractivity contribution in [2.75, 3.05) is 18.4 Å². The average molecular weight is 493 g/mol. The van der Waals surface area contributed by atoms with Crippen molar-refractivity contribution in [3.8, 4) is 17.6 Å². The second-order valence-corrected chi connectivity index (χ2v) is 8.34. The molecule has 1 fully saturated rings. The van der Waals surface area contributed by atoms with Gasteiger partial charge in [0.25, 0.3) is 0 Å². The van der Waals surface area contributed by atoms with Crippen molar-refractivity contribution >= 4 is 17.8 Å². The van der Waals surface area contributed by atoms with E-state index in [0.717, 1.165) is 17.8 Å². The summed E-state index contributed by atoms with van der Waals surface area (Å²) in [6.07, 6.45) is 0.727. The molecule has 7 nitrogen and oxygen atoms in total. The Labute approximate surface area is 205 Å². The molecule has 3 aromatic rings. The lowest BCUT2D eigenvalue weighted by Crippen LogP contribution is -2.42. The highest BCUT2D eigenvalue weighted by molar-refractivity contribution is 5.89. The molecule has 1 aromatic carbocycles. The summed E-state index contributed by atoms with van der Waals surface area (Å²) in [5, 5.41) is 11.6. The van der Waals surface area contributed by atoms with Gasteiger partial charge in [0.15, 0.2) is 0 Å². The first-order valence-electron chi connectivity index (χ1n) is 11.1. The number of alkyl halides is 3. The van der Waals surface area contributed by atoms with E-state index < -0.39 is 11.9 Å². The SMILES string of the molecule is CC1CN(C(=O)Nc2ccc(C#N)nc2)CC/C1=C\c1cccc(Oc2ccc(C(F)(F)F)nc2)c1. The zero-order chi connectivity index (χ0) is 25.7. The van der Waals surface area contributed by atoms with E-state index in [1.54, 1.807) is 35.2 Å². The number of piperidine rings is 1. The largest absolute Gasteiger partial charge is 0.456 e. The van der Waals surface area contributed by atoms with Crippen molar-refractivity contribution in [2.24, 2.45) is 5.92 Å². The van der Waals surface area contributed by atoms with E-state index in [0.29, 0.717) is 30.9 Å². The van der Waals surface area contributed by atoms with Crippen molar-refractivity contribution < 1.29 is 22.7 Å². The van der Waals surface area contributed by atoms with Crippen molar-refractivity contribution in [1.29, 1.82) is 5.26 Å². The van der Waals surface area contributed by atoms with Crippen molar-refractivity contribution in [1.82, 2.24) is 14.9 Å². The molecule has 1 aliphatic rings. The quantitative estimate of drug-likeness (QED) is 0.473. The molecule has 1 saturated heterocycles. The van der Waals surface area contributed by atoms with Gasteiger partial charge in [-0.05, 0) is 54.3 Å². The molecule has 2 aromatic heterocycles. The third kappa shape index (κ3) is 6.18. The number of rotatable bonds is 4. The minimum absolute atomic E-state index is 0.118. The van der Waals surface area contributed by atoms with E-state index in [-0.39, 0.29) is 23.4 Å². The number of aromatic nitrogens is 2. The maximum absolute atomic E-state index is 12.7. The molecule has 0 spiro atoms. The highest BCUT2D eigenvalue weighted by Gasteiger charge is 2.32. The molecule has 0 aliphatic carbocycles. The number of likely N-dealkylation sites (tertiary alicyclic amines) is 1. The summed E-state index contributed by atoms with van der Waals surface area (Å²) in [5.74, 6) is 0.802. The van der Waals surface area contributed by atoms with Crippen LogP contribution in [-0.4, -0.2) is 34.0 Å².